The van der Waals surface area contributed by atoms with E-state index in [4.69, 9.17) is 0 Å². The highest BCUT2D eigenvalue weighted by Crippen LogP contribution is 2.28. The largest absolute Gasteiger partial charge is 0.354 e. The number of nitrogens with one attached hydrogen (secondary N) is 1. The molecule has 0 radical (unpaired) electrons. The molecular formula is C13H22N6O2. The SMILES string of the molecule is CCNc1ncc([N+](=O)[O-])c(N2CCN(C)C(CC)C2)n1. The summed E-state index contributed by atoms with van der Waals surface area (Å²) >= 11 is 0. The molecule has 0 amide bonds. The molecule has 1 fully saturated rings. The lowest BCUT2D eigenvalue weighted by molar-refractivity contribution is -0.384. The highest BCUT2D eigenvalue weighted by Gasteiger charge is 2.29. The van der Waals surface area contributed by atoms with Gasteiger partial charge in [0.25, 0.3) is 0 Å². The van der Waals surface area contributed by atoms with Crippen molar-refractivity contribution in [2.45, 2.75) is 26.3 Å². The quantitative estimate of drug-likeness (QED) is 0.647. The Hall–Kier alpha value is -1.96. The topological polar surface area (TPSA) is 87.4 Å². The molecule has 1 aromatic heterocycles. The van der Waals surface area contributed by atoms with Crippen molar-refractivity contribution in [3.63, 3.8) is 0 Å². The second-order valence-corrected chi connectivity index (χ2v) is 5.18. The van der Waals surface area contributed by atoms with E-state index in [9.17, 15) is 10.1 Å². The minimum absolute atomic E-state index is 0.0314. The van der Waals surface area contributed by atoms with Crippen LogP contribution in [0.5, 0.6) is 0 Å². The summed E-state index contributed by atoms with van der Waals surface area (Å²) in [5.74, 6) is 0.850. The first-order chi connectivity index (χ1) is 10.1. The molecule has 1 atom stereocenters. The van der Waals surface area contributed by atoms with Gasteiger partial charge in [0, 0.05) is 32.2 Å². The molecule has 0 spiro atoms. The minimum atomic E-state index is -0.412. The van der Waals surface area contributed by atoms with Crippen LogP contribution in [0.15, 0.2) is 6.20 Å². The molecule has 21 heavy (non-hydrogen) atoms. The normalized spacial score (nSPS) is 19.6. The number of hydrogen-bond donors (Lipinski definition) is 1. The fourth-order valence-electron chi connectivity index (χ4n) is 2.55. The Morgan fingerprint density at radius 3 is 2.86 bits per heavy atom. The molecule has 0 bridgehead atoms. The molecule has 2 rings (SSSR count). The summed E-state index contributed by atoms with van der Waals surface area (Å²) < 4.78 is 0. The first kappa shape index (κ1) is 15.4. The van der Waals surface area contributed by atoms with Gasteiger partial charge in [-0.05, 0) is 20.4 Å². The molecule has 1 unspecified atom stereocenters. The fraction of sp³-hybridized carbons (Fsp3) is 0.692. The number of anilines is 2. The molecule has 116 valence electrons. The van der Waals surface area contributed by atoms with E-state index in [1.165, 1.54) is 6.20 Å². The van der Waals surface area contributed by atoms with Crippen LogP contribution in [0, 0.1) is 10.1 Å². The molecule has 0 aromatic carbocycles. The predicted octanol–water partition coefficient (Wildman–Crippen LogP) is 1.35. The predicted molar refractivity (Wildman–Crippen MR) is 81.8 cm³/mol. The van der Waals surface area contributed by atoms with Crippen LogP contribution in [0.3, 0.4) is 0 Å². The Bertz CT molecular complexity index is 509. The molecule has 1 saturated heterocycles. The van der Waals surface area contributed by atoms with Crippen LogP contribution in [-0.2, 0) is 0 Å². The fourth-order valence-corrected chi connectivity index (χ4v) is 2.55. The van der Waals surface area contributed by atoms with E-state index < -0.39 is 4.92 Å². The van der Waals surface area contributed by atoms with Crippen molar-refractivity contribution in [3.05, 3.63) is 16.3 Å². The van der Waals surface area contributed by atoms with E-state index in [1.54, 1.807) is 0 Å². The summed E-state index contributed by atoms with van der Waals surface area (Å²) in [7, 11) is 2.09. The third-order valence-electron chi connectivity index (χ3n) is 3.83. The second kappa shape index (κ2) is 6.66. The molecule has 1 aromatic rings. The molecule has 1 N–H and O–H groups in total. The van der Waals surface area contributed by atoms with E-state index in [-0.39, 0.29) is 5.69 Å². The Morgan fingerprint density at radius 1 is 1.48 bits per heavy atom. The van der Waals surface area contributed by atoms with E-state index in [2.05, 4.69) is 34.2 Å². The maximum absolute atomic E-state index is 11.2. The van der Waals surface area contributed by atoms with Crippen LogP contribution in [0.2, 0.25) is 0 Å². The summed E-state index contributed by atoms with van der Waals surface area (Å²) in [6.07, 6.45) is 2.30. The van der Waals surface area contributed by atoms with Crippen LogP contribution in [0.1, 0.15) is 20.3 Å². The first-order valence-electron chi connectivity index (χ1n) is 7.27. The van der Waals surface area contributed by atoms with Crippen molar-refractivity contribution in [1.82, 2.24) is 14.9 Å². The van der Waals surface area contributed by atoms with Crippen LogP contribution >= 0.6 is 0 Å². The molecular weight excluding hydrogens is 272 g/mol. The molecule has 8 nitrogen and oxygen atoms in total. The van der Waals surface area contributed by atoms with Crippen molar-refractivity contribution < 1.29 is 4.92 Å². The first-order valence-corrected chi connectivity index (χ1v) is 7.27. The lowest BCUT2D eigenvalue weighted by Crippen LogP contribution is -2.51. The maximum atomic E-state index is 11.2. The number of rotatable bonds is 5. The van der Waals surface area contributed by atoms with Gasteiger partial charge in [-0.2, -0.15) is 4.98 Å². The highest BCUT2D eigenvalue weighted by atomic mass is 16.6. The van der Waals surface area contributed by atoms with Crippen LogP contribution in [-0.4, -0.2) is 59.1 Å². The minimum Gasteiger partial charge on any atom is -0.354 e. The Labute approximate surface area is 124 Å². The summed E-state index contributed by atoms with van der Waals surface area (Å²) in [4.78, 5) is 23.4. The lowest BCUT2D eigenvalue weighted by atomic mass is 10.1. The molecule has 0 saturated carbocycles. The molecule has 1 aliphatic heterocycles. The number of likely N-dealkylation sites (N-methyl/N-ethyl adjacent to an activating group) is 1. The monoisotopic (exact) mass is 294 g/mol. The van der Waals surface area contributed by atoms with Crippen LogP contribution in [0.4, 0.5) is 17.5 Å². The number of hydrogen-bond acceptors (Lipinski definition) is 7. The Kier molecular flexibility index (Phi) is 4.89. The third-order valence-corrected chi connectivity index (χ3v) is 3.83. The van der Waals surface area contributed by atoms with Crippen LogP contribution in [0.25, 0.3) is 0 Å². The summed E-state index contributed by atoms with van der Waals surface area (Å²) in [6.45, 7) is 7.09. The van der Waals surface area contributed by atoms with Crippen molar-refractivity contribution in [2.24, 2.45) is 0 Å². The van der Waals surface area contributed by atoms with Gasteiger partial charge in [-0.25, -0.2) is 4.98 Å². The van der Waals surface area contributed by atoms with Gasteiger partial charge < -0.3 is 10.2 Å². The van der Waals surface area contributed by atoms with Crippen molar-refractivity contribution in [2.75, 3.05) is 43.4 Å². The molecule has 1 aliphatic rings. The van der Waals surface area contributed by atoms with Gasteiger partial charge >= 0.3 is 5.69 Å². The van der Waals surface area contributed by atoms with Gasteiger partial charge in [-0.15, -0.1) is 0 Å². The molecule has 0 aliphatic carbocycles. The number of aromatic nitrogens is 2. The standard InChI is InChI=1S/C13H22N6O2/c1-4-10-9-18(7-6-17(10)3)12-11(19(20)21)8-15-13(16-12)14-5-2/h8,10H,4-7,9H2,1-3H3,(H,14,15,16). The van der Waals surface area contributed by atoms with Gasteiger partial charge in [0.1, 0.15) is 6.20 Å². The van der Waals surface area contributed by atoms with Gasteiger partial charge in [0.05, 0.1) is 4.92 Å². The van der Waals surface area contributed by atoms with Crippen molar-refractivity contribution in [1.29, 1.82) is 0 Å². The number of nitrogens with zero attached hydrogens (tertiary/aromatic N) is 5. The second-order valence-electron chi connectivity index (χ2n) is 5.18. The molecule has 2 heterocycles. The van der Waals surface area contributed by atoms with Crippen LogP contribution < -0.4 is 10.2 Å². The van der Waals surface area contributed by atoms with Crippen molar-refractivity contribution in [3.8, 4) is 0 Å². The van der Waals surface area contributed by atoms with E-state index >= 15 is 0 Å². The number of nitro groups is 1. The van der Waals surface area contributed by atoms with Gasteiger partial charge in [-0.3, -0.25) is 15.0 Å². The zero-order valence-corrected chi connectivity index (χ0v) is 12.7. The van der Waals surface area contributed by atoms with Gasteiger partial charge in [0.15, 0.2) is 0 Å². The van der Waals surface area contributed by atoms with Gasteiger partial charge in [-0.1, -0.05) is 6.92 Å². The summed E-state index contributed by atoms with van der Waals surface area (Å²) in [5.41, 5.74) is -0.0314. The van der Waals surface area contributed by atoms with E-state index in [0.717, 1.165) is 26.1 Å². The Balaban J connectivity index is 2.31. The van der Waals surface area contributed by atoms with E-state index in [0.29, 0.717) is 24.4 Å². The average molecular weight is 294 g/mol. The Morgan fingerprint density at radius 2 is 2.24 bits per heavy atom. The molecule has 8 heteroatoms. The average Bonchev–Trinajstić information content (AvgIpc) is 2.48. The zero-order chi connectivity index (χ0) is 15.4. The summed E-state index contributed by atoms with van der Waals surface area (Å²) in [5, 5.41) is 14.2. The maximum Gasteiger partial charge on any atom is 0.329 e. The summed E-state index contributed by atoms with van der Waals surface area (Å²) in [6, 6.07) is 0.385. The lowest BCUT2D eigenvalue weighted by Gasteiger charge is -2.39. The smallest absolute Gasteiger partial charge is 0.329 e. The van der Waals surface area contributed by atoms with E-state index in [1.807, 2.05) is 11.8 Å². The number of piperazine rings is 1. The van der Waals surface area contributed by atoms with Crippen molar-refractivity contribution >= 4 is 17.5 Å². The zero-order valence-electron chi connectivity index (χ0n) is 12.7. The van der Waals surface area contributed by atoms with Gasteiger partial charge in [0.2, 0.25) is 11.8 Å². The highest BCUT2D eigenvalue weighted by molar-refractivity contribution is 5.59. The third kappa shape index (κ3) is 3.38.